The Labute approximate surface area is 117 Å². The minimum atomic E-state index is -3.32. The average molecular weight is 292 g/mol. The summed E-state index contributed by atoms with van der Waals surface area (Å²) in [7, 11) is 2.27. The molecule has 7 heteroatoms. The van der Waals surface area contributed by atoms with Gasteiger partial charge in [0.2, 0.25) is 0 Å². The molecule has 2 atom stereocenters. The van der Waals surface area contributed by atoms with Crippen molar-refractivity contribution in [3.63, 3.8) is 0 Å². The Kier molecular flexibility index (Phi) is 6.19. The molecule has 1 fully saturated rings. The third-order valence-corrected chi connectivity index (χ3v) is 5.87. The molecular weight excluding hydrogens is 264 g/mol. The monoisotopic (exact) mass is 292 g/mol. The Balaban J connectivity index is 2.66. The molecule has 1 aliphatic heterocycles. The maximum absolute atomic E-state index is 12.5. The SMILES string of the molecule is CNCCCN(C)S(=O)(=O)N1CC(C)N(C)C(C)C1. The molecule has 0 saturated carbocycles. The number of hydrogen-bond donors (Lipinski definition) is 1. The zero-order valence-corrected chi connectivity index (χ0v) is 13.6. The summed E-state index contributed by atoms with van der Waals surface area (Å²) >= 11 is 0. The third-order valence-electron chi connectivity index (χ3n) is 3.95. The van der Waals surface area contributed by atoms with E-state index < -0.39 is 10.2 Å². The van der Waals surface area contributed by atoms with Crippen molar-refractivity contribution >= 4 is 10.2 Å². The van der Waals surface area contributed by atoms with Gasteiger partial charge in [-0.3, -0.25) is 4.90 Å². The summed E-state index contributed by atoms with van der Waals surface area (Å²) in [6.45, 7) is 6.66. The van der Waals surface area contributed by atoms with Gasteiger partial charge in [-0.05, 0) is 40.9 Å². The summed E-state index contributed by atoms with van der Waals surface area (Å²) in [5, 5.41) is 3.03. The Morgan fingerprint density at radius 2 is 1.79 bits per heavy atom. The van der Waals surface area contributed by atoms with Crippen LogP contribution in [-0.2, 0) is 10.2 Å². The van der Waals surface area contributed by atoms with Crippen LogP contribution < -0.4 is 5.32 Å². The van der Waals surface area contributed by atoms with E-state index in [-0.39, 0.29) is 12.1 Å². The highest BCUT2D eigenvalue weighted by atomic mass is 32.2. The van der Waals surface area contributed by atoms with E-state index in [1.807, 2.05) is 7.05 Å². The van der Waals surface area contributed by atoms with E-state index in [1.165, 1.54) is 4.31 Å². The van der Waals surface area contributed by atoms with Gasteiger partial charge in [0.15, 0.2) is 0 Å². The van der Waals surface area contributed by atoms with Crippen LogP contribution in [0.5, 0.6) is 0 Å². The Morgan fingerprint density at radius 3 is 2.26 bits per heavy atom. The molecule has 114 valence electrons. The van der Waals surface area contributed by atoms with E-state index in [2.05, 4.69) is 31.1 Å². The van der Waals surface area contributed by atoms with Crippen LogP contribution in [0.15, 0.2) is 0 Å². The predicted molar refractivity (Wildman–Crippen MR) is 78.4 cm³/mol. The minimum absolute atomic E-state index is 0.254. The number of hydrogen-bond acceptors (Lipinski definition) is 4. The normalized spacial score (nSPS) is 27.1. The lowest BCUT2D eigenvalue weighted by molar-refractivity contribution is 0.102. The van der Waals surface area contributed by atoms with Crippen LogP contribution in [0, 0.1) is 0 Å². The van der Waals surface area contributed by atoms with Gasteiger partial charge in [-0.1, -0.05) is 0 Å². The standard InChI is InChI=1S/C12H28N4O2S/c1-11-9-16(10-12(2)15(11)5)19(17,18)14(4)8-6-7-13-3/h11-13H,6-10H2,1-5H3. The highest BCUT2D eigenvalue weighted by Gasteiger charge is 2.35. The van der Waals surface area contributed by atoms with Gasteiger partial charge in [-0.25, -0.2) is 0 Å². The maximum Gasteiger partial charge on any atom is 0.281 e. The molecular formula is C12H28N4O2S. The highest BCUT2D eigenvalue weighted by Crippen LogP contribution is 2.18. The maximum atomic E-state index is 12.5. The Bertz CT molecular complexity index is 362. The van der Waals surface area contributed by atoms with Gasteiger partial charge < -0.3 is 5.32 Å². The van der Waals surface area contributed by atoms with E-state index in [9.17, 15) is 8.42 Å². The lowest BCUT2D eigenvalue weighted by atomic mass is 10.1. The first kappa shape index (κ1) is 16.8. The molecule has 0 aromatic carbocycles. The van der Waals surface area contributed by atoms with Crippen molar-refractivity contribution in [3.05, 3.63) is 0 Å². The van der Waals surface area contributed by atoms with Gasteiger partial charge in [0, 0.05) is 38.8 Å². The zero-order chi connectivity index (χ0) is 14.6. The van der Waals surface area contributed by atoms with Crippen LogP contribution in [0.3, 0.4) is 0 Å². The van der Waals surface area contributed by atoms with E-state index >= 15 is 0 Å². The number of likely N-dealkylation sites (N-methyl/N-ethyl adjacent to an activating group) is 1. The van der Waals surface area contributed by atoms with Crippen LogP contribution in [0.1, 0.15) is 20.3 Å². The number of rotatable bonds is 6. The number of nitrogens with one attached hydrogen (secondary N) is 1. The quantitative estimate of drug-likeness (QED) is 0.689. The molecule has 1 saturated heterocycles. The van der Waals surface area contributed by atoms with Crippen LogP contribution in [0.25, 0.3) is 0 Å². The second-order valence-electron chi connectivity index (χ2n) is 5.47. The summed E-state index contributed by atoms with van der Waals surface area (Å²) in [6.07, 6.45) is 0.824. The van der Waals surface area contributed by atoms with Gasteiger partial charge in [-0.2, -0.15) is 17.0 Å². The van der Waals surface area contributed by atoms with Crippen molar-refractivity contribution in [1.82, 2.24) is 18.8 Å². The molecule has 0 amide bonds. The van der Waals surface area contributed by atoms with E-state index in [0.717, 1.165) is 13.0 Å². The van der Waals surface area contributed by atoms with Gasteiger partial charge in [-0.15, -0.1) is 0 Å². The fourth-order valence-electron chi connectivity index (χ4n) is 2.34. The summed E-state index contributed by atoms with van der Waals surface area (Å²) in [4.78, 5) is 2.23. The van der Waals surface area contributed by atoms with Crippen molar-refractivity contribution in [2.45, 2.75) is 32.4 Å². The summed E-state index contributed by atoms with van der Waals surface area (Å²) in [6, 6.07) is 0.508. The Morgan fingerprint density at radius 1 is 1.26 bits per heavy atom. The first-order chi connectivity index (χ1) is 8.80. The minimum Gasteiger partial charge on any atom is -0.320 e. The topological polar surface area (TPSA) is 55.9 Å². The molecule has 6 nitrogen and oxygen atoms in total. The van der Waals surface area contributed by atoms with Crippen molar-refractivity contribution < 1.29 is 8.42 Å². The second kappa shape index (κ2) is 6.99. The van der Waals surface area contributed by atoms with Crippen LogP contribution in [-0.4, -0.2) is 81.3 Å². The third kappa shape index (κ3) is 4.13. The molecule has 1 aliphatic rings. The zero-order valence-electron chi connectivity index (χ0n) is 12.8. The first-order valence-corrected chi connectivity index (χ1v) is 8.28. The molecule has 0 bridgehead atoms. The number of nitrogens with zero attached hydrogens (tertiary/aromatic N) is 3. The summed E-state index contributed by atoms with van der Waals surface area (Å²) in [5.41, 5.74) is 0. The fourth-order valence-corrected chi connectivity index (χ4v) is 3.90. The number of piperazine rings is 1. The molecule has 0 aromatic rings. The molecule has 1 rings (SSSR count). The van der Waals surface area contributed by atoms with Crippen molar-refractivity contribution in [3.8, 4) is 0 Å². The van der Waals surface area contributed by atoms with Gasteiger partial charge in [0.05, 0.1) is 0 Å². The molecule has 0 aromatic heterocycles. The van der Waals surface area contributed by atoms with Crippen LogP contribution in [0.2, 0.25) is 0 Å². The van der Waals surface area contributed by atoms with Gasteiger partial charge in [0.1, 0.15) is 0 Å². The molecule has 19 heavy (non-hydrogen) atoms. The Hall–Kier alpha value is -0.210. The van der Waals surface area contributed by atoms with Crippen molar-refractivity contribution in [1.29, 1.82) is 0 Å². The fraction of sp³-hybridized carbons (Fsp3) is 1.00. The average Bonchev–Trinajstić information content (AvgIpc) is 2.35. The van der Waals surface area contributed by atoms with Crippen LogP contribution >= 0.6 is 0 Å². The molecule has 0 radical (unpaired) electrons. The van der Waals surface area contributed by atoms with Crippen molar-refractivity contribution in [2.24, 2.45) is 0 Å². The second-order valence-corrected chi connectivity index (χ2v) is 7.50. The van der Waals surface area contributed by atoms with E-state index in [4.69, 9.17) is 0 Å². The lowest BCUT2D eigenvalue weighted by Gasteiger charge is -2.42. The molecule has 1 heterocycles. The molecule has 0 spiro atoms. The molecule has 2 unspecified atom stereocenters. The van der Waals surface area contributed by atoms with Crippen molar-refractivity contribution in [2.75, 3.05) is 47.3 Å². The van der Waals surface area contributed by atoms with Gasteiger partial charge >= 0.3 is 0 Å². The van der Waals surface area contributed by atoms with Crippen LogP contribution in [0.4, 0.5) is 0 Å². The summed E-state index contributed by atoms with van der Waals surface area (Å²) < 4.78 is 28.1. The van der Waals surface area contributed by atoms with E-state index in [0.29, 0.717) is 19.6 Å². The predicted octanol–water partition coefficient (Wildman–Crippen LogP) is -0.203. The van der Waals surface area contributed by atoms with E-state index in [1.54, 1.807) is 11.4 Å². The first-order valence-electron chi connectivity index (χ1n) is 6.88. The molecule has 1 N–H and O–H groups in total. The smallest absolute Gasteiger partial charge is 0.281 e. The lowest BCUT2D eigenvalue weighted by Crippen LogP contribution is -2.58. The largest absolute Gasteiger partial charge is 0.320 e. The summed E-state index contributed by atoms with van der Waals surface area (Å²) in [5.74, 6) is 0. The molecule has 0 aliphatic carbocycles. The highest BCUT2D eigenvalue weighted by molar-refractivity contribution is 7.86. The van der Waals surface area contributed by atoms with Gasteiger partial charge in [0.25, 0.3) is 10.2 Å².